The van der Waals surface area contributed by atoms with Crippen molar-refractivity contribution in [2.75, 3.05) is 12.9 Å². The Hall–Kier alpha value is -3.62. The van der Waals surface area contributed by atoms with Crippen molar-refractivity contribution in [3.05, 3.63) is 94.8 Å². The van der Waals surface area contributed by atoms with Crippen LogP contribution in [0.2, 0.25) is 0 Å². The SMILES string of the molecule is COc1cccc(-n2c(=O)c3ccccc3n3c(SC[C@H](O)c4ccccc4)nnc23)c1. The molecule has 0 amide bonds. The summed E-state index contributed by atoms with van der Waals surface area (Å²) in [6, 6.07) is 24.2. The number of ether oxygens (including phenoxy) is 1. The second kappa shape index (κ2) is 8.49. The lowest BCUT2D eigenvalue weighted by atomic mass is 10.1. The van der Waals surface area contributed by atoms with E-state index in [1.165, 1.54) is 16.3 Å². The number of methoxy groups -OCH3 is 1. The van der Waals surface area contributed by atoms with Gasteiger partial charge in [-0.15, -0.1) is 10.2 Å². The van der Waals surface area contributed by atoms with Crippen molar-refractivity contribution in [3.8, 4) is 11.4 Å². The third-order valence-corrected chi connectivity index (χ3v) is 6.27. The maximum Gasteiger partial charge on any atom is 0.267 e. The van der Waals surface area contributed by atoms with Crippen LogP contribution in [0.5, 0.6) is 5.75 Å². The fourth-order valence-electron chi connectivity index (χ4n) is 3.68. The average Bonchev–Trinajstić information content (AvgIpc) is 3.27. The number of aliphatic hydroxyl groups excluding tert-OH is 1. The van der Waals surface area contributed by atoms with Gasteiger partial charge in [0.05, 0.1) is 29.8 Å². The highest BCUT2D eigenvalue weighted by Gasteiger charge is 2.19. The summed E-state index contributed by atoms with van der Waals surface area (Å²) in [4.78, 5) is 13.4. The summed E-state index contributed by atoms with van der Waals surface area (Å²) in [5.74, 6) is 1.44. The molecular weight excluding hydrogens is 424 g/mol. The van der Waals surface area contributed by atoms with Crippen molar-refractivity contribution < 1.29 is 9.84 Å². The van der Waals surface area contributed by atoms with Crippen molar-refractivity contribution in [2.24, 2.45) is 0 Å². The fourth-order valence-corrected chi connectivity index (χ4v) is 4.59. The summed E-state index contributed by atoms with van der Waals surface area (Å²) in [6.07, 6.45) is -0.649. The predicted molar refractivity (Wildman–Crippen MR) is 125 cm³/mol. The van der Waals surface area contributed by atoms with E-state index in [2.05, 4.69) is 10.2 Å². The minimum absolute atomic E-state index is 0.186. The molecule has 0 fully saturated rings. The quantitative estimate of drug-likeness (QED) is 0.401. The van der Waals surface area contributed by atoms with Crippen LogP contribution in [0.25, 0.3) is 22.4 Å². The Balaban J connectivity index is 1.65. The summed E-state index contributed by atoms with van der Waals surface area (Å²) in [5, 5.41) is 20.4. The second-order valence-electron chi connectivity index (χ2n) is 7.21. The lowest BCUT2D eigenvalue weighted by Crippen LogP contribution is -2.21. The zero-order valence-corrected chi connectivity index (χ0v) is 18.1. The van der Waals surface area contributed by atoms with Gasteiger partial charge in [0.2, 0.25) is 5.78 Å². The number of aliphatic hydroxyl groups is 1. The number of fused-ring (bicyclic) bond motifs is 3. The Kier molecular flexibility index (Phi) is 5.38. The van der Waals surface area contributed by atoms with Crippen LogP contribution in [0.15, 0.2) is 88.8 Å². The summed E-state index contributed by atoms with van der Waals surface area (Å²) in [6.45, 7) is 0. The fraction of sp³-hybridized carbons (Fsp3) is 0.125. The van der Waals surface area contributed by atoms with Crippen LogP contribution < -0.4 is 10.3 Å². The van der Waals surface area contributed by atoms with Gasteiger partial charge in [0.25, 0.3) is 5.56 Å². The van der Waals surface area contributed by atoms with Gasteiger partial charge in [0.1, 0.15) is 5.75 Å². The van der Waals surface area contributed by atoms with E-state index in [0.29, 0.717) is 39.0 Å². The van der Waals surface area contributed by atoms with Gasteiger partial charge >= 0.3 is 0 Å². The highest BCUT2D eigenvalue weighted by molar-refractivity contribution is 7.99. The number of hydrogen-bond acceptors (Lipinski definition) is 6. The van der Waals surface area contributed by atoms with E-state index in [4.69, 9.17) is 4.74 Å². The molecule has 0 aliphatic carbocycles. The maximum atomic E-state index is 13.4. The molecule has 0 saturated heterocycles. The number of nitrogens with zero attached hydrogens (tertiary/aromatic N) is 4. The summed E-state index contributed by atoms with van der Waals surface area (Å²) < 4.78 is 8.73. The highest BCUT2D eigenvalue weighted by atomic mass is 32.2. The Morgan fingerprint density at radius 1 is 1.00 bits per heavy atom. The molecule has 8 heteroatoms. The summed E-state index contributed by atoms with van der Waals surface area (Å²) in [5.41, 5.74) is 2.01. The molecule has 0 saturated carbocycles. The molecule has 0 aliphatic rings. The van der Waals surface area contributed by atoms with Crippen LogP contribution in [0.4, 0.5) is 0 Å². The molecule has 5 aromatic rings. The Labute approximate surface area is 187 Å². The number of rotatable bonds is 6. The smallest absolute Gasteiger partial charge is 0.267 e. The highest BCUT2D eigenvalue weighted by Crippen LogP contribution is 2.27. The van der Waals surface area contributed by atoms with Gasteiger partial charge in [0, 0.05) is 11.8 Å². The van der Waals surface area contributed by atoms with Crippen molar-refractivity contribution in [1.29, 1.82) is 0 Å². The molecule has 2 aromatic heterocycles. The van der Waals surface area contributed by atoms with Gasteiger partial charge in [-0.25, -0.2) is 4.57 Å². The zero-order valence-electron chi connectivity index (χ0n) is 17.3. The van der Waals surface area contributed by atoms with Crippen molar-refractivity contribution in [2.45, 2.75) is 11.3 Å². The lowest BCUT2D eigenvalue weighted by molar-refractivity contribution is 0.204. The van der Waals surface area contributed by atoms with Crippen LogP contribution in [0.3, 0.4) is 0 Å². The van der Waals surface area contributed by atoms with Gasteiger partial charge in [-0.2, -0.15) is 0 Å². The van der Waals surface area contributed by atoms with Gasteiger partial charge in [0.15, 0.2) is 5.16 Å². The van der Waals surface area contributed by atoms with Crippen molar-refractivity contribution >= 4 is 28.4 Å². The first kappa shape index (κ1) is 20.3. The number of hydrogen-bond donors (Lipinski definition) is 1. The molecule has 0 bridgehead atoms. The third-order valence-electron chi connectivity index (χ3n) is 5.26. The minimum Gasteiger partial charge on any atom is -0.497 e. The van der Waals surface area contributed by atoms with Gasteiger partial charge in [-0.05, 0) is 29.8 Å². The van der Waals surface area contributed by atoms with Crippen molar-refractivity contribution in [1.82, 2.24) is 19.2 Å². The number of aromatic nitrogens is 4. The Bertz CT molecular complexity index is 1460. The molecule has 0 radical (unpaired) electrons. The van der Waals surface area contributed by atoms with Crippen LogP contribution in [0, 0.1) is 0 Å². The molecule has 0 unspecified atom stereocenters. The molecule has 3 aromatic carbocycles. The minimum atomic E-state index is -0.649. The largest absolute Gasteiger partial charge is 0.497 e. The zero-order chi connectivity index (χ0) is 22.1. The first-order valence-electron chi connectivity index (χ1n) is 10.1. The van der Waals surface area contributed by atoms with Crippen LogP contribution in [0.1, 0.15) is 11.7 Å². The third kappa shape index (κ3) is 3.53. The molecule has 0 spiro atoms. The molecule has 2 heterocycles. The Morgan fingerprint density at radius 3 is 2.59 bits per heavy atom. The van der Waals surface area contributed by atoms with Crippen LogP contribution in [-0.2, 0) is 0 Å². The van der Waals surface area contributed by atoms with E-state index >= 15 is 0 Å². The van der Waals surface area contributed by atoms with E-state index in [1.807, 2.05) is 71.1 Å². The van der Waals surface area contributed by atoms with E-state index in [1.54, 1.807) is 19.2 Å². The topological polar surface area (TPSA) is 81.7 Å². The first-order valence-corrected chi connectivity index (χ1v) is 11.0. The van der Waals surface area contributed by atoms with Gasteiger partial charge < -0.3 is 9.84 Å². The lowest BCUT2D eigenvalue weighted by Gasteiger charge is -2.13. The molecule has 1 N–H and O–H groups in total. The van der Waals surface area contributed by atoms with Crippen LogP contribution >= 0.6 is 11.8 Å². The summed E-state index contributed by atoms with van der Waals surface area (Å²) >= 11 is 1.39. The molecular formula is C24H20N4O3S. The van der Waals surface area contributed by atoms with Gasteiger partial charge in [-0.3, -0.25) is 9.20 Å². The summed E-state index contributed by atoms with van der Waals surface area (Å²) in [7, 11) is 1.59. The standard InChI is InChI=1S/C24H20N4O3S/c1-31-18-11-7-10-17(14-18)27-22(30)19-12-5-6-13-20(19)28-23(27)25-26-24(28)32-15-21(29)16-8-3-2-4-9-16/h2-14,21,29H,15H2,1H3/t21-/m0/s1. The molecule has 32 heavy (non-hydrogen) atoms. The molecule has 7 nitrogen and oxygen atoms in total. The number of benzene rings is 3. The normalized spacial score (nSPS) is 12.3. The van der Waals surface area contributed by atoms with E-state index in [0.717, 1.165) is 5.56 Å². The first-order chi connectivity index (χ1) is 15.7. The number of para-hydroxylation sites is 1. The molecule has 160 valence electrons. The van der Waals surface area contributed by atoms with E-state index < -0.39 is 6.10 Å². The monoisotopic (exact) mass is 444 g/mol. The van der Waals surface area contributed by atoms with E-state index in [-0.39, 0.29) is 5.56 Å². The van der Waals surface area contributed by atoms with Crippen molar-refractivity contribution in [3.63, 3.8) is 0 Å². The number of thioether (sulfide) groups is 1. The van der Waals surface area contributed by atoms with E-state index in [9.17, 15) is 9.90 Å². The van der Waals surface area contributed by atoms with Gasteiger partial charge in [-0.1, -0.05) is 60.3 Å². The molecule has 0 aliphatic heterocycles. The van der Waals surface area contributed by atoms with Crippen LogP contribution in [-0.4, -0.2) is 37.1 Å². The molecule has 1 atom stereocenters. The maximum absolute atomic E-state index is 13.4. The second-order valence-corrected chi connectivity index (χ2v) is 8.20. The molecule has 5 rings (SSSR count). The Morgan fingerprint density at radius 2 is 1.78 bits per heavy atom. The average molecular weight is 445 g/mol. The predicted octanol–water partition coefficient (Wildman–Crippen LogP) is 3.87.